The molecular formula is C16H12Cl2O2. The van der Waals surface area contributed by atoms with Crippen molar-refractivity contribution in [2.75, 3.05) is 6.61 Å². The van der Waals surface area contributed by atoms with E-state index in [1.54, 1.807) is 24.3 Å². The van der Waals surface area contributed by atoms with E-state index in [9.17, 15) is 4.79 Å². The number of carbonyl (C=O) groups is 1. The molecule has 0 N–H and O–H groups in total. The van der Waals surface area contributed by atoms with Gasteiger partial charge in [0.25, 0.3) is 0 Å². The van der Waals surface area contributed by atoms with Crippen LogP contribution in [0.1, 0.15) is 27.9 Å². The molecule has 0 spiro atoms. The summed E-state index contributed by atoms with van der Waals surface area (Å²) in [7, 11) is 0. The second kappa shape index (κ2) is 5.47. The molecule has 0 aliphatic carbocycles. The van der Waals surface area contributed by atoms with Crippen LogP contribution in [0.4, 0.5) is 0 Å². The predicted octanol–water partition coefficient (Wildman–Crippen LogP) is 4.55. The van der Waals surface area contributed by atoms with Gasteiger partial charge in [0.2, 0.25) is 0 Å². The Balaban J connectivity index is 2.09. The van der Waals surface area contributed by atoms with E-state index in [1.165, 1.54) is 0 Å². The maximum absolute atomic E-state index is 12.7. The van der Waals surface area contributed by atoms with E-state index >= 15 is 0 Å². The van der Waals surface area contributed by atoms with Gasteiger partial charge in [-0.25, -0.2) is 0 Å². The number of hydrogen-bond acceptors (Lipinski definition) is 2. The Kier molecular flexibility index (Phi) is 3.68. The maximum Gasteiger partial charge on any atom is 0.198 e. The second-order valence-electron chi connectivity index (χ2n) is 4.68. The summed E-state index contributed by atoms with van der Waals surface area (Å²) in [5.74, 6) is 0.524. The summed E-state index contributed by atoms with van der Waals surface area (Å²) in [6.45, 7) is 0.639. The highest BCUT2D eigenvalue weighted by Gasteiger charge is 2.22. The highest BCUT2D eigenvalue weighted by molar-refractivity contribution is 6.44. The maximum atomic E-state index is 12.7. The number of ketones is 1. The number of carbonyl (C=O) groups excluding carboxylic acids is 1. The van der Waals surface area contributed by atoms with Crippen molar-refractivity contribution in [2.24, 2.45) is 0 Å². The average Bonchev–Trinajstić information content (AvgIpc) is 2.49. The molecular weight excluding hydrogens is 295 g/mol. The first-order chi connectivity index (χ1) is 9.68. The molecule has 1 aliphatic rings. The molecule has 0 radical (unpaired) electrons. The lowest BCUT2D eigenvalue weighted by Gasteiger charge is -2.20. The second-order valence-corrected chi connectivity index (χ2v) is 5.46. The Morgan fingerprint density at radius 3 is 2.65 bits per heavy atom. The third kappa shape index (κ3) is 2.30. The number of fused-ring (bicyclic) bond motifs is 1. The van der Waals surface area contributed by atoms with E-state index in [1.807, 2.05) is 12.1 Å². The first kappa shape index (κ1) is 13.5. The van der Waals surface area contributed by atoms with Crippen molar-refractivity contribution in [1.82, 2.24) is 0 Å². The predicted molar refractivity (Wildman–Crippen MR) is 80.2 cm³/mol. The molecule has 0 atom stereocenters. The summed E-state index contributed by atoms with van der Waals surface area (Å²) in [6.07, 6.45) is 1.91. The van der Waals surface area contributed by atoms with Crippen LogP contribution < -0.4 is 4.74 Å². The molecule has 0 aromatic heterocycles. The topological polar surface area (TPSA) is 26.3 Å². The molecule has 2 nitrogen and oxygen atoms in total. The first-order valence-electron chi connectivity index (χ1n) is 6.42. The molecule has 2 aromatic rings. The van der Waals surface area contributed by atoms with E-state index in [2.05, 4.69) is 0 Å². The number of hydrogen-bond donors (Lipinski definition) is 0. The number of ether oxygens (including phenoxy) is 1. The lowest BCUT2D eigenvalue weighted by molar-refractivity contribution is 0.103. The number of rotatable bonds is 2. The van der Waals surface area contributed by atoms with Gasteiger partial charge in [-0.15, -0.1) is 0 Å². The molecule has 1 aliphatic heterocycles. The zero-order valence-corrected chi connectivity index (χ0v) is 12.2. The number of benzene rings is 2. The van der Waals surface area contributed by atoms with Crippen molar-refractivity contribution in [3.8, 4) is 5.75 Å². The van der Waals surface area contributed by atoms with Crippen molar-refractivity contribution in [3.63, 3.8) is 0 Å². The largest absolute Gasteiger partial charge is 0.493 e. The fraction of sp³-hybridized carbons (Fsp3) is 0.188. The molecule has 0 bridgehead atoms. The molecule has 0 fully saturated rings. The normalized spacial score (nSPS) is 13.5. The fourth-order valence-electron chi connectivity index (χ4n) is 2.39. The molecule has 2 aromatic carbocycles. The Morgan fingerprint density at radius 1 is 1.05 bits per heavy atom. The summed E-state index contributed by atoms with van der Waals surface area (Å²) in [6, 6.07) is 10.7. The van der Waals surface area contributed by atoms with Gasteiger partial charge in [0, 0.05) is 5.56 Å². The molecule has 0 saturated heterocycles. The molecule has 3 rings (SSSR count). The molecule has 1 heterocycles. The smallest absolute Gasteiger partial charge is 0.198 e. The molecule has 0 saturated carbocycles. The Hall–Kier alpha value is -1.51. The molecule has 102 valence electrons. The average molecular weight is 307 g/mol. The fourth-order valence-corrected chi connectivity index (χ4v) is 2.78. The molecule has 4 heteroatoms. The van der Waals surface area contributed by atoms with E-state index in [0.29, 0.717) is 28.5 Å². The van der Waals surface area contributed by atoms with Gasteiger partial charge in [0.05, 0.1) is 22.2 Å². The third-order valence-electron chi connectivity index (χ3n) is 3.37. The van der Waals surface area contributed by atoms with Crippen LogP contribution in [0.2, 0.25) is 10.0 Å². The van der Waals surface area contributed by atoms with Gasteiger partial charge >= 0.3 is 0 Å². The van der Waals surface area contributed by atoms with Crippen molar-refractivity contribution < 1.29 is 9.53 Å². The van der Waals surface area contributed by atoms with Crippen LogP contribution in [0.15, 0.2) is 36.4 Å². The van der Waals surface area contributed by atoms with E-state index in [4.69, 9.17) is 27.9 Å². The lowest BCUT2D eigenvalue weighted by Crippen LogP contribution is -2.13. The van der Waals surface area contributed by atoms with Gasteiger partial charge in [0.15, 0.2) is 5.78 Å². The monoisotopic (exact) mass is 306 g/mol. The third-order valence-corrected chi connectivity index (χ3v) is 4.19. The minimum atomic E-state index is -0.156. The van der Waals surface area contributed by atoms with E-state index in [-0.39, 0.29) is 10.8 Å². The van der Waals surface area contributed by atoms with Crippen LogP contribution in [0.25, 0.3) is 0 Å². The van der Waals surface area contributed by atoms with Crippen LogP contribution in [0, 0.1) is 0 Å². The number of para-hydroxylation sites is 1. The van der Waals surface area contributed by atoms with Gasteiger partial charge < -0.3 is 4.74 Å². The highest BCUT2D eigenvalue weighted by atomic mass is 35.5. The Morgan fingerprint density at radius 2 is 1.80 bits per heavy atom. The minimum absolute atomic E-state index is 0.156. The molecule has 0 unspecified atom stereocenters. The summed E-state index contributed by atoms with van der Waals surface area (Å²) >= 11 is 12.1. The van der Waals surface area contributed by atoms with Crippen LogP contribution >= 0.6 is 23.2 Å². The van der Waals surface area contributed by atoms with Crippen LogP contribution in [-0.2, 0) is 6.42 Å². The van der Waals surface area contributed by atoms with Gasteiger partial charge in [0.1, 0.15) is 5.75 Å². The molecule has 0 amide bonds. The number of aryl methyl sites for hydroxylation is 1. The van der Waals surface area contributed by atoms with Crippen molar-refractivity contribution in [1.29, 1.82) is 0 Å². The van der Waals surface area contributed by atoms with Crippen LogP contribution in [-0.4, -0.2) is 12.4 Å². The molecule has 20 heavy (non-hydrogen) atoms. The van der Waals surface area contributed by atoms with Crippen molar-refractivity contribution in [3.05, 3.63) is 63.1 Å². The zero-order valence-electron chi connectivity index (χ0n) is 10.7. The van der Waals surface area contributed by atoms with Gasteiger partial charge in [-0.1, -0.05) is 41.4 Å². The highest BCUT2D eigenvalue weighted by Crippen LogP contribution is 2.33. The summed E-state index contributed by atoms with van der Waals surface area (Å²) in [5.41, 5.74) is 2.02. The van der Waals surface area contributed by atoms with Gasteiger partial charge in [-0.3, -0.25) is 4.79 Å². The van der Waals surface area contributed by atoms with Crippen LogP contribution in [0.5, 0.6) is 5.75 Å². The van der Waals surface area contributed by atoms with Crippen molar-refractivity contribution in [2.45, 2.75) is 12.8 Å². The van der Waals surface area contributed by atoms with Gasteiger partial charge in [-0.05, 0) is 36.6 Å². The quantitative estimate of drug-likeness (QED) is 0.761. The first-order valence-corrected chi connectivity index (χ1v) is 7.17. The van der Waals surface area contributed by atoms with Crippen molar-refractivity contribution >= 4 is 29.0 Å². The zero-order chi connectivity index (χ0) is 14.1. The summed E-state index contributed by atoms with van der Waals surface area (Å²) < 4.78 is 5.67. The number of halogens is 2. The Bertz CT molecular complexity index is 680. The lowest BCUT2D eigenvalue weighted by atomic mass is 9.97. The summed E-state index contributed by atoms with van der Waals surface area (Å²) in [5, 5.41) is 0.663. The standard InChI is InChI=1S/C16H12Cl2O2/c17-13-8-2-6-11(14(13)18)15(19)12-7-1-4-10-5-3-9-20-16(10)12/h1-2,4,6-8H,3,5,9H2. The minimum Gasteiger partial charge on any atom is -0.493 e. The van der Waals surface area contributed by atoms with E-state index in [0.717, 1.165) is 18.4 Å². The summed E-state index contributed by atoms with van der Waals surface area (Å²) in [4.78, 5) is 12.7. The SMILES string of the molecule is O=C(c1cccc(Cl)c1Cl)c1cccc2c1OCCC2. The van der Waals surface area contributed by atoms with E-state index < -0.39 is 0 Å². The van der Waals surface area contributed by atoms with Crippen LogP contribution in [0.3, 0.4) is 0 Å². The Labute approximate surface area is 127 Å². The van der Waals surface area contributed by atoms with Gasteiger partial charge in [-0.2, -0.15) is 0 Å².